The maximum absolute atomic E-state index is 6.06. The molecule has 1 atom stereocenters. The van der Waals surface area contributed by atoms with Gasteiger partial charge in [-0.25, -0.2) is 0 Å². The van der Waals surface area contributed by atoms with Crippen LogP contribution < -0.4 is 11.1 Å². The van der Waals surface area contributed by atoms with Gasteiger partial charge in [-0.1, -0.05) is 11.6 Å². The molecule has 2 rings (SSSR count). The van der Waals surface area contributed by atoms with E-state index in [1.54, 1.807) is 0 Å². The first kappa shape index (κ1) is 13.2. The summed E-state index contributed by atoms with van der Waals surface area (Å²) in [7, 11) is 0. The Bertz CT molecular complexity index is 563. The predicted molar refractivity (Wildman–Crippen MR) is 81.7 cm³/mol. The first-order chi connectivity index (χ1) is 8.47. The topological polar surface area (TPSA) is 38.0 Å². The molecule has 3 N–H and O–H groups in total. The summed E-state index contributed by atoms with van der Waals surface area (Å²) in [6.07, 6.45) is 0. The zero-order valence-electron chi connectivity index (χ0n) is 10.8. The second-order valence-corrected chi connectivity index (χ2v) is 6.23. The van der Waals surface area contributed by atoms with Crippen LogP contribution in [0.3, 0.4) is 0 Å². The number of benzene rings is 1. The van der Waals surface area contributed by atoms with Gasteiger partial charge in [-0.2, -0.15) is 0 Å². The minimum absolute atomic E-state index is 0.266. The van der Waals surface area contributed by atoms with Crippen LogP contribution in [0.5, 0.6) is 0 Å². The molecule has 0 aliphatic carbocycles. The summed E-state index contributed by atoms with van der Waals surface area (Å²) >= 11 is 7.87. The number of anilines is 2. The van der Waals surface area contributed by atoms with Gasteiger partial charge in [0.25, 0.3) is 0 Å². The van der Waals surface area contributed by atoms with Crippen molar-refractivity contribution in [1.82, 2.24) is 0 Å². The summed E-state index contributed by atoms with van der Waals surface area (Å²) in [5, 5.41) is 4.07. The van der Waals surface area contributed by atoms with E-state index in [2.05, 4.69) is 31.3 Å². The highest BCUT2D eigenvalue weighted by Gasteiger charge is 2.10. The average molecular weight is 281 g/mol. The molecule has 0 saturated carbocycles. The second-order valence-electron chi connectivity index (χ2n) is 4.50. The number of hydrogen-bond acceptors (Lipinski definition) is 3. The Kier molecular flexibility index (Phi) is 3.83. The quantitative estimate of drug-likeness (QED) is 0.795. The van der Waals surface area contributed by atoms with Gasteiger partial charge in [0.2, 0.25) is 0 Å². The lowest BCUT2D eigenvalue weighted by Gasteiger charge is -2.16. The summed E-state index contributed by atoms with van der Waals surface area (Å²) < 4.78 is 0. The molecule has 96 valence electrons. The second kappa shape index (κ2) is 5.21. The van der Waals surface area contributed by atoms with E-state index >= 15 is 0 Å². The predicted octanol–water partition coefficient (Wildman–Crippen LogP) is 4.77. The van der Waals surface area contributed by atoms with Crippen LogP contribution in [0.15, 0.2) is 24.3 Å². The number of aryl methyl sites for hydroxylation is 2. The van der Waals surface area contributed by atoms with E-state index in [1.165, 1.54) is 9.75 Å². The van der Waals surface area contributed by atoms with Gasteiger partial charge in [0.1, 0.15) is 0 Å². The summed E-state index contributed by atoms with van der Waals surface area (Å²) in [5.74, 6) is 0. The highest BCUT2D eigenvalue weighted by Crippen LogP contribution is 2.31. The highest BCUT2D eigenvalue weighted by atomic mass is 35.5. The third-order valence-corrected chi connectivity index (χ3v) is 4.41. The maximum atomic E-state index is 6.06. The Balaban J connectivity index is 2.21. The van der Waals surface area contributed by atoms with Crippen LogP contribution in [0, 0.1) is 13.8 Å². The van der Waals surface area contributed by atoms with Crippen LogP contribution >= 0.6 is 22.9 Å². The Hall–Kier alpha value is -1.19. The lowest BCUT2D eigenvalue weighted by molar-refractivity contribution is 0.906. The summed E-state index contributed by atoms with van der Waals surface area (Å²) in [6.45, 7) is 6.29. The number of rotatable bonds is 3. The molecule has 1 unspecified atom stereocenters. The number of nitrogen functional groups attached to an aromatic ring is 1. The molecule has 2 nitrogen and oxygen atoms in total. The molecule has 0 saturated heterocycles. The fraction of sp³-hybridized carbons (Fsp3) is 0.286. The van der Waals surface area contributed by atoms with Crippen LogP contribution in [-0.2, 0) is 0 Å². The molecule has 4 heteroatoms. The molecule has 0 radical (unpaired) electrons. The van der Waals surface area contributed by atoms with Crippen molar-refractivity contribution in [2.45, 2.75) is 26.8 Å². The molecule has 0 fully saturated rings. The molecular formula is C14H17ClN2S. The largest absolute Gasteiger partial charge is 0.398 e. The zero-order valence-corrected chi connectivity index (χ0v) is 12.3. The molecule has 0 aliphatic rings. The first-order valence-electron chi connectivity index (χ1n) is 5.86. The van der Waals surface area contributed by atoms with E-state index in [-0.39, 0.29) is 6.04 Å². The summed E-state index contributed by atoms with van der Waals surface area (Å²) in [5.41, 5.74) is 8.54. The zero-order chi connectivity index (χ0) is 13.3. The Morgan fingerprint density at radius 2 is 2.00 bits per heavy atom. The van der Waals surface area contributed by atoms with E-state index in [9.17, 15) is 0 Å². The van der Waals surface area contributed by atoms with Gasteiger partial charge in [-0.15, -0.1) is 11.3 Å². The average Bonchev–Trinajstić information content (AvgIpc) is 2.73. The van der Waals surface area contributed by atoms with Gasteiger partial charge in [-0.3, -0.25) is 0 Å². The molecule has 0 spiro atoms. The number of thiophene rings is 1. The van der Waals surface area contributed by atoms with Crippen molar-refractivity contribution in [2.75, 3.05) is 11.1 Å². The molecule has 18 heavy (non-hydrogen) atoms. The van der Waals surface area contributed by atoms with Gasteiger partial charge in [0, 0.05) is 15.4 Å². The van der Waals surface area contributed by atoms with Gasteiger partial charge in [0.05, 0.1) is 16.8 Å². The minimum Gasteiger partial charge on any atom is -0.398 e. The number of nitrogens with two attached hydrogens (primary N) is 1. The van der Waals surface area contributed by atoms with Crippen molar-refractivity contribution in [3.63, 3.8) is 0 Å². The fourth-order valence-corrected chi connectivity index (χ4v) is 2.89. The van der Waals surface area contributed by atoms with E-state index in [0.717, 1.165) is 11.3 Å². The smallest absolute Gasteiger partial charge is 0.0656 e. The molecule has 0 aliphatic heterocycles. The first-order valence-corrected chi connectivity index (χ1v) is 7.05. The standard InChI is InChI=1S/C14H17ClN2S/c1-8-6-12(16)11(15)7-13(8)17-10(3)14-5-4-9(2)18-14/h4-7,10,17H,16H2,1-3H3. The maximum Gasteiger partial charge on any atom is 0.0656 e. The van der Waals surface area contributed by atoms with E-state index in [1.807, 2.05) is 30.4 Å². The van der Waals surface area contributed by atoms with Crippen molar-refractivity contribution in [2.24, 2.45) is 0 Å². The molecule has 0 bridgehead atoms. The lowest BCUT2D eigenvalue weighted by Crippen LogP contribution is -2.06. The van der Waals surface area contributed by atoms with Gasteiger partial charge in [-0.05, 0) is 50.6 Å². The summed E-state index contributed by atoms with van der Waals surface area (Å²) in [4.78, 5) is 2.64. The van der Waals surface area contributed by atoms with Crippen molar-refractivity contribution in [3.05, 3.63) is 44.6 Å². The van der Waals surface area contributed by atoms with Crippen molar-refractivity contribution in [1.29, 1.82) is 0 Å². The molecule has 2 aromatic rings. The molecule has 0 amide bonds. The fourth-order valence-electron chi connectivity index (χ4n) is 1.85. The van der Waals surface area contributed by atoms with Gasteiger partial charge >= 0.3 is 0 Å². The van der Waals surface area contributed by atoms with Crippen LogP contribution in [0.25, 0.3) is 0 Å². The Morgan fingerprint density at radius 1 is 1.28 bits per heavy atom. The number of halogens is 1. The van der Waals surface area contributed by atoms with Gasteiger partial charge < -0.3 is 11.1 Å². The third kappa shape index (κ3) is 2.79. The Labute approximate surface area is 117 Å². The van der Waals surface area contributed by atoms with Crippen molar-refractivity contribution >= 4 is 34.3 Å². The van der Waals surface area contributed by atoms with Crippen LogP contribution in [0.1, 0.15) is 28.3 Å². The van der Waals surface area contributed by atoms with E-state index in [0.29, 0.717) is 10.7 Å². The normalized spacial score (nSPS) is 12.4. The summed E-state index contributed by atoms with van der Waals surface area (Å²) in [6, 6.07) is 8.36. The van der Waals surface area contributed by atoms with Crippen LogP contribution in [0.2, 0.25) is 5.02 Å². The van der Waals surface area contributed by atoms with Crippen LogP contribution in [0.4, 0.5) is 11.4 Å². The minimum atomic E-state index is 0.266. The monoisotopic (exact) mass is 280 g/mol. The lowest BCUT2D eigenvalue weighted by atomic mass is 10.1. The highest BCUT2D eigenvalue weighted by molar-refractivity contribution is 7.12. The SMILES string of the molecule is Cc1ccc(C(C)Nc2cc(Cl)c(N)cc2C)s1. The van der Waals surface area contributed by atoms with Crippen LogP contribution in [-0.4, -0.2) is 0 Å². The van der Waals surface area contributed by atoms with Crippen molar-refractivity contribution in [3.8, 4) is 0 Å². The van der Waals surface area contributed by atoms with E-state index in [4.69, 9.17) is 17.3 Å². The number of nitrogens with one attached hydrogen (secondary N) is 1. The molecular weight excluding hydrogens is 264 g/mol. The van der Waals surface area contributed by atoms with Gasteiger partial charge in [0.15, 0.2) is 0 Å². The number of hydrogen-bond donors (Lipinski definition) is 2. The molecule has 1 aromatic carbocycles. The third-order valence-electron chi connectivity index (χ3n) is 2.90. The van der Waals surface area contributed by atoms with E-state index < -0.39 is 0 Å². The van der Waals surface area contributed by atoms with Crippen molar-refractivity contribution < 1.29 is 0 Å². The Morgan fingerprint density at radius 3 is 2.61 bits per heavy atom. The molecule has 1 heterocycles. The molecule has 1 aromatic heterocycles.